The van der Waals surface area contributed by atoms with Crippen LogP contribution in [0.5, 0.6) is 0 Å². The number of H-pyrrole nitrogens is 1. The van der Waals surface area contributed by atoms with Gasteiger partial charge in [-0.2, -0.15) is 0 Å². The van der Waals surface area contributed by atoms with E-state index in [-0.39, 0.29) is 0 Å². The van der Waals surface area contributed by atoms with E-state index < -0.39 is 0 Å². The van der Waals surface area contributed by atoms with Gasteiger partial charge in [-0.1, -0.05) is 27.5 Å². The summed E-state index contributed by atoms with van der Waals surface area (Å²) in [5.41, 5.74) is 2.25. The lowest BCUT2D eigenvalue weighted by Crippen LogP contribution is -1.96. The minimum Gasteiger partial charge on any atom is -0.381 e. The number of hydrogen-bond acceptors (Lipinski definition) is 1. The maximum absolute atomic E-state index is 6.19. The van der Waals surface area contributed by atoms with Crippen LogP contribution in [0.2, 0.25) is 5.02 Å². The van der Waals surface area contributed by atoms with Gasteiger partial charge in [0.1, 0.15) is 0 Å². The average molecular weight is 301 g/mol. The Morgan fingerprint density at radius 1 is 1.38 bits per heavy atom. The molecule has 1 unspecified atom stereocenters. The van der Waals surface area contributed by atoms with Gasteiger partial charge in [-0.15, -0.1) is 0 Å². The molecular formula is C12H11BrClNO. The Morgan fingerprint density at radius 2 is 2.25 bits per heavy atom. The molecule has 1 saturated heterocycles. The molecular weight excluding hydrogens is 289 g/mol. The zero-order valence-electron chi connectivity index (χ0n) is 8.59. The quantitative estimate of drug-likeness (QED) is 0.843. The molecule has 0 aliphatic carbocycles. The molecule has 0 spiro atoms. The standard InChI is InChI=1S/C12H11BrClNO/c13-9-3-8-4-11(7-1-2-16-6-7)15-12(8)10(14)5-9/h3-5,7,15H,1-2,6H2. The lowest BCUT2D eigenvalue weighted by Gasteiger charge is -2.02. The van der Waals surface area contributed by atoms with Crippen LogP contribution in [-0.4, -0.2) is 18.2 Å². The van der Waals surface area contributed by atoms with E-state index in [0.29, 0.717) is 5.92 Å². The van der Waals surface area contributed by atoms with Crippen LogP contribution in [0.1, 0.15) is 18.0 Å². The van der Waals surface area contributed by atoms with Gasteiger partial charge < -0.3 is 9.72 Å². The van der Waals surface area contributed by atoms with Crippen molar-refractivity contribution in [2.45, 2.75) is 12.3 Å². The average Bonchev–Trinajstić information content (AvgIpc) is 2.82. The molecule has 16 heavy (non-hydrogen) atoms. The summed E-state index contributed by atoms with van der Waals surface area (Å²) >= 11 is 9.64. The second-order valence-electron chi connectivity index (χ2n) is 4.14. The lowest BCUT2D eigenvalue weighted by molar-refractivity contribution is 0.193. The van der Waals surface area contributed by atoms with E-state index in [1.165, 1.54) is 5.69 Å². The van der Waals surface area contributed by atoms with Crippen LogP contribution in [0.3, 0.4) is 0 Å². The Balaban J connectivity index is 2.11. The minimum absolute atomic E-state index is 0.488. The number of ether oxygens (including phenoxy) is 1. The molecule has 3 rings (SSSR count). The number of aromatic nitrogens is 1. The SMILES string of the molecule is Clc1cc(Br)cc2cc(C3CCOC3)[nH]c12. The van der Waals surface area contributed by atoms with Crippen molar-refractivity contribution in [3.63, 3.8) is 0 Å². The van der Waals surface area contributed by atoms with Gasteiger partial charge in [-0.05, 0) is 24.6 Å². The fourth-order valence-corrected chi connectivity index (χ4v) is 3.07. The monoisotopic (exact) mass is 299 g/mol. The fourth-order valence-electron chi connectivity index (χ4n) is 2.19. The molecule has 2 heterocycles. The highest BCUT2D eigenvalue weighted by atomic mass is 79.9. The first-order chi connectivity index (χ1) is 7.74. The van der Waals surface area contributed by atoms with Crippen molar-refractivity contribution in [2.24, 2.45) is 0 Å². The van der Waals surface area contributed by atoms with Crippen LogP contribution in [-0.2, 0) is 4.74 Å². The predicted octanol–water partition coefficient (Wildman–Crippen LogP) is 4.09. The first-order valence-corrected chi connectivity index (χ1v) is 6.46. The third-order valence-corrected chi connectivity index (χ3v) is 3.79. The molecule has 1 N–H and O–H groups in total. The van der Waals surface area contributed by atoms with Gasteiger partial charge in [-0.3, -0.25) is 0 Å². The topological polar surface area (TPSA) is 25.0 Å². The van der Waals surface area contributed by atoms with Crippen molar-refractivity contribution in [3.8, 4) is 0 Å². The third-order valence-electron chi connectivity index (χ3n) is 3.04. The Labute approximate surface area is 107 Å². The smallest absolute Gasteiger partial charge is 0.0658 e. The zero-order valence-corrected chi connectivity index (χ0v) is 10.9. The van der Waals surface area contributed by atoms with Crippen LogP contribution < -0.4 is 0 Å². The van der Waals surface area contributed by atoms with Gasteiger partial charge in [0.15, 0.2) is 0 Å². The molecule has 0 amide bonds. The number of fused-ring (bicyclic) bond motifs is 1. The van der Waals surface area contributed by atoms with E-state index in [0.717, 1.165) is 40.0 Å². The van der Waals surface area contributed by atoms with Gasteiger partial charge in [0.25, 0.3) is 0 Å². The molecule has 4 heteroatoms. The van der Waals surface area contributed by atoms with Gasteiger partial charge in [0, 0.05) is 28.1 Å². The third kappa shape index (κ3) is 1.77. The van der Waals surface area contributed by atoms with E-state index in [1.807, 2.05) is 6.07 Å². The number of benzene rings is 1. The van der Waals surface area contributed by atoms with Crippen molar-refractivity contribution in [1.29, 1.82) is 0 Å². The fraction of sp³-hybridized carbons (Fsp3) is 0.333. The van der Waals surface area contributed by atoms with Gasteiger partial charge in [0.2, 0.25) is 0 Å². The second-order valence-corrected chi connectivity index (χ2v) is 5.46. The molecule has 1 atom stereocenters. The van der Waals surface area contributed by atoms with Gasteiger partial charge in [0.05, 0.1) is 17.1 Å². The number of halogens is 2. The van der Waals surface area contributed by atoms with Crippen molar-refractivity contribution >= 4 is 38.4 Å². The Morgan fingerprint density at radius 3 is 3.00 bits per heavy atom. The second kappa shape index (κ2) is 4.06. The molecule has 1 aromatic heterocycles. The molecule has 1 aromatic carbocycles. The molecule has 0 radical (unpaired) electrons. The van der Waals surface area contributed by atoms with Crippen LogP contribution in [0, 0.1) is 0 Å². The normalized spacial score (nSPS) is 20.8. The molecule has 0 saturated carbocycles. The van der Waals surface area contributed by atoms with Crippen molar-refractivity contribution in [1.82, 2.24) is 4.98 Å². The van der Waals surface area contributed by atoms with E-state index >= 15 is 0 Å². The lowest BCUT2D eigenvalue weighted by atomic mass is 10.1. The highest BCUT2D eigenvalue weighted by Gasteiger charge is 2.20. The predicted molar refractivity (Wildman–Crippen MR) is 69.2 cm³/mol. The summed E-state index contributed by atoms with van der Waals surface area (Å²) in [4.78, 5) is 3.40. The summed E-state index contributed by atoms with van der Waals surface area (Å²) in [5.74, 6) is 0.488. The highest BCUT2D eigenvalue weighted by molar-refractivity contribution is 9.10. The summed E-state index contributed by atoms with van der Waals surface area (Å²) < 4.78 is 6.41. The van der Waals surface area contributed by atoms with Gasteiger partial charge in [-0.25, -0.2) is 0 Å². The molecule has 84 valence electrons. The summed E-state index contributed by atoms with van der Waals surface area (Å²) in [5, 5.41) is 1.91. The summed E-state index contributed by atoms with van der Waals surface area (Å²) in [6.07, 6.45) is 1.09. The summed E-state index contributed by atoms with van der Waals surface area (Å²) in [6.45, 7) is 1.67. The number of nitrogens with one attached hydrogen (secondary N) is 1. The van der Waals surface area contributed by atoms with E-state index in [4.69, 9.17) is 16.3 Å². The van der Waals surface area contributed by atoms with E-state index in [9.17, 15) is 0 Å². The molecule has 1 aliphatic heterocycles. The largest absolute Gasteiger partial charge is 0.381 e. The number of rotatable bonds is 1. The number of hydrogen-bond donors (Lipinski definition) is 1. The van der Waals surface area contributed by atoms with Crippen LogP contribution in [0.4, 0.5) is 0 Å². The molecule has 2 aromatic rings. The maximum atomic E-state index is 6.19. The molecule has 2 nitrogen and oxygen atoms in total. The first-order valence-electron chi connectivity index (χ1n) is 5.29. The van der Waals surface area contributed by atoms with Crippen molar-refractivity contribution in [2.75, 3.05) is 13.2 Å². The summed E-state index contributed by atoms with van der Waals surface area (Å²) in [6, 6.07) is 6.16. The van der Waals surface area contributed by atoms with Crippen LogP contribution in [0.25, 0.3) is 10.9 Å². The van der Waals surface area contributed by atoms with E-state index in [1.54, 1.807) is 0 Å². The molecule has 1 aliphatic rings. The van der Waals surface area contributed by atoms with E-state index in [2.05, 4.69) is 33.0 Å². The maximum Gasteiger partial charge on any atom is 0.0658 e. The minimum atomic E-state index is 0.488. The highest BCUT2D eigenvalue weighted by Crippen LogP contribution is 2.32. The van der Waals surface area contributed by atoms with Crippen molar-refractivity contribution < 1.29 is 4.74 Å². The summed E-state index contributed by atoms with van der Waals surface area (Å²) in [7, 11) is 0. The Kier molecular flexibility index (Phi) is 2.70. The van der Waals surface area contributed by atoms with Crippen molar-refractivity contribution in [3.05, 3.63) is 33.4 Å². The Hall–Kier alpha value is -0.510. The van der Waals surface area contributed by atoms with Crippen LogP contribution >= 0.6 is 27.5 Å². The molecule has 0 bridgehead atoms. The number of aromatic amines is 1. The zero-order chi connectivity index (χ0) is 11.1. The molecule has 1 fully saturated rings. The first kappa shape index (κ1) is 10.6. The Bertz CT molecular complexity index is 531. The van der Waals surface area contributed by atoms with Gasteiger partial charge >= 0.3 is 0 Å². The van der Waals surface area contributed by atoms with Crippen LogP contribution in [0.15, 0.2) is 22.7 Å².